The van der Waals surface area contributed by atoms with Crippen LogP contribution in [0.1, 0.15) is 102 Å². The number of carbonyl (C=O) groups excluding carboxylic acids is 4. The fraction of sp³-hybridized carbons (Fsp3) is 0.522. The van der Waals surface area contributed by atoms with Crippen LogP contribution in [0.25, 0.3) is 22.5 Å². The summed E-state index contributed by atoms with van der Waals surface area (Å²) in [5.74, 6) is 5.06. The lowest BCUT2D eigenvalue weighted by atomic mass is 10.0. The topological polar surface area (TPSA) is 211 Å². The maximum absolute atomic E-state index is 11.5. The normalized spacial score (nSPS) is 13.9. The third kappa shape index (κ3) is 16.9. The summed E-state index contributed by atoms with van der Waals surface area (Å²) >= 11 is 0. The summed E-state index contributed by atoms with van der Waals surface area (Å²) in [5, 5.41) is 11.2. The Morgan fingerprint density at radius 2 is 1.29 bits per heavy atom. The Morgan fingerprint density at radius 3 is 1.76 bits per heavy atom. The summed E-state index contributed by atoms with van der Waals surface area (Å²) in [6.45, 7) is 4.09. The van der Waals surface area contributed by atoms with Crippen molar-refractivity contribution in [2.75, 3.05) is 40.9 Å². The molecule has 3 amide bonds. The molecule has 16 heteroatoms. The van der Waals surface area contributed by atoms with Crippen molar-refractivity contribution in [3.63, 3.8) is 0 Å². The highest BCUT2D eigenvalue weighted by atomic mass is 16.6. The van der Waals surface area contributed by atoms with Crippen LogP contribution >= 0.6 is 0 Å². The number of likely N-dealkylation sites (N-methyl/N-ethyl adjacent to an activating group) is 1. The second-order valence-corrected chi connectivity index (χ2v) is 15.4. The molecule has 2 saturated carbocycles. The molecular formula is C46H66N8O8. The van der Waals surface area contributed by atoms with Crippen molar-refractivity contribution in [2.24, 2.45) is 5.92 Å². The van der Waals surface area contributed by atoms with Gasteiger partial charge in [0, 0.05) is 43.1 Å². The molecule has 0 radical (unpaired) electrons. The van der Waals surface area contributed by atoms with Gasteiger partial charge in [0.15, 0.2) is 23.0 Å². The predicted molar refractivity (Wildman–Crippen MR) is 238 cm³/mol. The first kappa shape index (κ1) is 48.8. The van der Waals surface area contributed by atoms with E-state index in [1.807, 2.05) is 55.7 Å². The first-order valence-corrected chi connectivity index (χ1v) is 21.9. The zero-order chi connectivity index (χ0) is 44.4. The number of alkyl carbamates (subject to hydrolysis) is 1. The Morgan fingerprint density at radius 1 is 0.774 bits per heavy atom. The second kappa shape index (κ2) is 27.8. The van der Waals surface area contributed by atoms with E-state index in [2.05, 4.69) is 50.7 Å². The molecule has 0 saturated heterocycles. The quantitative estimate of drug-likeness (QED) is 0.0371. The van der Waals surface area contributed by atoms with E-state index < -0.39 is 0 Å². The smallest absolute Gasteiger partial charge is 0.407 e. The number of aromatic nitrogens is 4. The number of hydrogen-bond donors (Lipinski definition) is 6. The Labute approximate surface area is 365 Å². The van der Waals surface area contributed by atoms with Crippen LogP contribution in [0.3, 0.4) is 0 Å². The molecule has 2 aliphatic carbocycles. The Hall–Kier alpha value is -5.90. The van der Waals surface area contributed by atoms with Gasteiger partial charge < -0.3 is 50.2 Å². The fourth-order valence-corrected chi connectivity index (χ4v) is 7.34. The van der Waals surface area contributed by atoms with E-state index in [1.165, 1.54) is 72.0 Å². The summed E-state index contributed by atoms with van der Waals surface area (Å²) in [4.78, 5) is 57.4. The summed E-state index contributed by atoms with van der Waals surface area (Å²) < 4.78 is 20.8. The maximum atomic E-state index is 11.5. The zero-order valence-corrected chi connectivity index (χ0v) is 36.8. The average molecular weight is 859 g/mol. The van der Waals surface area contributed by atoms with Crippen LogP contribution in [-0.4, -0.2) is 91.8 Å². The molecule has 7 rings (SSSR count). The molecule has 1 aliphatic heterocycles. The van der Waals surface area contributed by atoms with E-state index in [1.54, 1.807) is 7.05 Å². The number of carbonyl (C=O) groups is 4. The Kier molecular flexibility index (Phi) is 21.9. The largest absolute Gasteiger partial charge is 0.471 e. The van der Waals surface area contributed by atoms with Crippen LogP contribution in [0, 0.1) is 5.92 Å². The van der Waals surface area contributed by atoms with E-state index in [9.17, 15) is 14.4 Å². The number of amides is 3. The molecule has 2 fully saturated rings. The van der Waals surface area contributed by atoms with Crippen molar-refractivity contribution in [1.82, 2.24) is 41.2 Å². The molecule has 4 aromatic rings. The number of H-pyrrole nitrogens is 2. The molecule has 338 valence electrons. The van der Waals surface area contributed by atoms with Gasteiger partial charge in [-0.05, 0) is 94.8 Å². The molecule has 3 aliphatic rings. The van der Waals surface area contributed by atoms with Crippen molar-refractivity contribution in [3.8, 4) is 45.5 Å². The molecule has 3 heterocycles. The molecule has 16 nitrogen and oxygen atoms in total. The van der Waals surface area contributed by atoms with Gasteiger partial charge >= 0.3 is 6.09 Å². The van der Waals surface area contributed by atoms with Crippen molar-refractivity contribution >= 4 is 24.9 Å². The lowest BCUT2D eigenvalue weighted by molar-refractivity contribution is -0.126. The molecule has 2 aromatic carbocycles. The Balaban J connectivity index is 0.000000328. The molecule has 1 unspecified atom stereocenters. The third-order valence-corrected chi connectivity index (χ3v) is 10.8. The summed E-state index contributed by atoms with van der Waals surface area (Å²) in [7, 11) is 4.47. The predicted octanol–water partition coefficient (Wildman–Crippen LogP) is 7.75. The molecule has 62 heavy (non-hydrogen) atoms. The lowest BCUT2D eigenvalue weighted by Crippen LogP contribution is -2.36. The van der Waals surface area contributed by atoms with Gasteiger partial charge in [-0.1, -0.05) is 44.9 Å². The van der Waals surface area contributed by atoms with Crippen LogP contribution in [0.5, 0.6) is 23.0 Å². The number of aryl methyl sites for hydroxylation is 2. The van der Waals surface area contributed by atoms with Crippen molar-refractivity contribution in [1.29, 1.82) is 0 Å². The lowest BCUT2D eigenvalue weighted by Gasteiger charge is -2.21. The number of benzene rings is 2. The van der Waals surface area contributed by atoms with Gasteiger partial charge in [-0.3, -0.25) is 14.4 Å². The van der Waals surface area contributed by atoms with E-state index in [-0.39, 0.29) is 18.0 Å². The monoisotopic (exact) mass is 859 g/mol. The van der Waals surface area contributed by atoms with Gasteiger partial charge in [0.05, 0.1) is 44.5 Å². The number of hydrogen-bond acceptors (Lipinski definition) is 11. The minimum atomic E-state index is -0.311. The van der Waals surface area contributed by atoms with E-state index in [0.29, 0.717) is 55.0 Å². The first-order chi connectivity index (χ1) is 30.3. The average Bonchev–Trinajstić information content (AvgIpc) is 4.15. The number of unbranched alkanes of at least 4 members (excludes halogenated alkanes) is 2. The van der Waals surface area contributed by atoms with Gasteiger partial charge in [0.1, 0.15) is 11.6 Å². The number of nitrogens with zero attached hydrogens (tertiary/aromatic N) is 2. The highest BCUT2D eigenvalue weighted by Crippen LogP contribution is 2.47. The molecule has 2 aromatic heterocycles. The third-order valence-electron chi connectivity index (χ3n) is 10.8. The number of methoxy groups -OCH3 is 2. The second-order valence-electron chi connectivity index (χ2n) is 15.4. The van der Waals surface area contributed by atoms with Crippen LogP contribution in [0.2, 0.25) is 0 Å². The summed E-state index contributed by atoms with van der Waals surface area (Å²) in [6, 6.07) is 11.9. The molecular weight excluding hydrogens is 793 g/mol. The molecule has 0 bridgehead atoms. The molecule has 6 N–H and O–H groups in total. The highest BCUT2D eigenvalue weighted by Gasteiger charge is 2.23. The van der Waals surface area contributed by atoms with Crippen molar-refractivity contribution < 1.29 is 38.1 Å². The number of aromatic amines is 2. The van der Waals surface area contributed by atoms with Gasteiger partial charge in [0.25, 0.3) is 6.47 Å². The van der Waals surface area contributed by atoms with Crippen molar-refractivity contribution in [2.45, 2.75) is 109 Å². The van der Waals surface area contributed by atoms with E-state index in [0.717, 1.165) is 79.1 Å². The van der Waals surface area contributed by atoms with E-state index >= 15 is 0 Å². The number of fused-ring (bicyclic) bond motifs is 2. The van der Waals surface area contributed by atoms with Gasteiger partial charge in [-0.25, -0.2) is 14.8 Å². The fourth-order valence-electron chi connectivity index (χ4n) is 7.34. The number of ether oxygens (including phenoxy) is 4. The van der Waals surface area contributed by atoms with Gasteiger partial charge in [-0.15, -0.1) is 0 Å². The number of imidazole rings is 2. The van der Waals surface area contributed by atoms with Crippen molar-refractivity contribution in [3.05, 3.63) is 60.4 Å². The van der Waals surface area contributed by atoms with E-state index in [4.69, 9.17) is 14.3 Å². The number of nitrogens with one attached hydrogen (secondary N) is 6. The minimum absolute atomic E-state index is 0.00901. The molecule has 1 atom stereocenters. The number of rotatable bonds is 18. The first-order valence-electron chi connectivity index (χ1n) is 21.9. The van der Waals surface area contributed by atoms with Crippen LogP contribution in [0.15, 0.2) is 48.8 Å². The van der Waals surface area contributed by atoms with Gasteiger partial charge in [0.2, 0.25) is 12.3 Å². The van der Waals surface area contributed by atoms with Crippen LogP contribution in [-0.2, 0) is 36.7 Å². The SMILES string of the molecule is C1CCCC1.CNCC(=O)NCCCCc1ncc(-c2ccc3c(c2)Oc2ccc(-c4cnc(CCCCNC=O)[nH]4)cc2O3)[nH]1.COC(=O)NC(C)C1CCCC1.COC=O. The maximum Gasteiger partial charge on any atom is 0.407 e. The summed E-state index contributed by atoms with van der Waals surface area (Å²) in [5.41, 5.74) is 3.73. The van der Waals surface area contributed by atoms with Crippen LogP contribution < -0.4 is 30.7 Å². The van der Waals surface area contributed by atoms with Crippen LogP contribution in [0.4, 0.5) is 4.79 Å². The Bertz CT molecular complexity index is 1930. The standard InChI is InChI=1S/C30H35N7O4.C9H17NO2.C5H10.C2H4O2/c1-31-18-30(39)33-13-5-3-7-29-35-17-23(37-29)21-9-11-25-27(15-21)41-24-10-8-20(14-26(24)40-25)22-16-34-28(36-22)6-2-4-12-32-19-38;1-7(10-9(11)12-2)8-5-3-4-6-8;1-2-4-5-3-1;1-4-2-3/h8-11,14-17,19,31H,2-7,12-13,18H2,1H3,(H,32,38)(H,33,39)(H,34,36)(H,35,37);7-8H,3-6H2,1-2H3,(H,10,11);1-5H2;2H,1H3. The summed E-state index contributed by atoms with van der Waals surface area (Å²) in [6.07, 6.45) is 21.9. The van der Waals surface area contributed by atoms with Gasteiger partial charge in [-0.2, -0.15) is 0 Å². The highest BCUT2D eigenvalue weighted by molar-refractivity contribution is 5.77. The minimum Gasteiger partial charge on any atom is -0.471 e. The zero-order valence-electron chi connectivity index (χ0n) is 36.8. The molecule has 0 spiro atoms.